The molecule has 0 aliphatic carbocycles. The second-order valence-electron chi connectivity index (χ2n) is 8.00. The molecule has 0 atom stereocenters. The largest absolute Gasteiger partial charge is 0.487 e. The average molecular weight is 412 g/mol. The smallest absolute Gasteiger partial charge is 0.407 e. The summed E-state index contributed by atoms with van der Waals surface area (Å²) in [5, 5.41) is 4.35. The fourth-order valence-electron chi connectivity index (χ4n) is 3.22. The van der Waals surface area contributed by atoms with Gasteiger partial charge in [0.15, 0.2) is 0 Å². The summed E-state index contributed by atoms with van der Waals surface area (Å²) in [4.78, 5) is 11.9. The zero-order valence-electron chi connectivity index (χ0n) is 16.5. The molecule has 0 unspecified atom stereocenters. The number of rotatable bonds is 3. The van der Waals surface area contributed by atoms with E-state index in [1.165, 1.54) is 0 Å². The van der Waals surface area contributed by atoms with Crippen molar-refractivity contribution in [1.29, 1.82) is 0 Å². The van der Waals surface area contributed by atoms with Crippen LogP contribution in [0, 0.1) is 0 Å². The van der Waals surface area contributed by atoms with Crippen molar-refractivity contribution < 1.29 is 18.7 Å². The van der Waals surface area contributed by atoms with Gasteiger partial charge in [-0.1, -0.05) is 17.7 Å². The second-order valence-corrected chi connectivity index (χ2v) is 8.40. The number of carbonyl (C=O) groups excluding carboxylic acids is 1. The molecule has 2 heterocycles. The van der Waals surface area contributed by atoms with Gasteiger partial charge in [0, 0.05) is 17.5 Å². The lowest BCUT2D eigenvalue weighted by Gasteiger charge is -2.22. The highest BCUT2D eigenvalue weighted by Crippen LogP contribution is 2.38. The number of benzene rings is 2. The molecule has 4 rings (SSSR count). The molecule has 0 saturated heterocycles. The van der Waals surface area contributed by atoms with Crippen molar-refractivity contribution in [3.05, 3.63) is 58.8 Å². The van der Waals surface area contributed by atoms with Crippen molar-refractivity contribution in [2.24, 2.45) is 0 Å². The molecule has 5 nitrogen and oxygen atoms in total. The molecule has 1 N–H and O–H groups in total. The average Bonchev–Trinajstić information content (AvgIpc) is 3.12. The van der Waals surface area contributed by atoms with E-state index >= 15 is 0 Å². The Hall–Kier alpha value is -2.92. The highest BCUT2D eigenvalue weighted by atomic mass is 35.5. The summed E-state index contributed by atoms with van der Waals surface area (Å²) < 4.78 is 16.5. The van der Waals surface area contributed by atoms with E-state index in [4.69, 9.17) is 25.5 Å². The van der Waals surface area contributed by atoms with Gasteiger partial charge in [-0.15, -0.1) is 0 Å². The monoisotopic (exact) mass is 411 g/mol. The van der Waals surface area contributed by atoms with Crippen LogP contribution in [0.2, 0.25) is 5.02 Å². The number of ether oxygens (including phenoxy) is 2. The number of amides is 1. The molecule has 1 aliphatic rings. The zero-order chi connectivity index (χ0) is 20.6. The van der Waals surface area contributed by atoms with Crippen molar-refractivity contribution in [3.8, 4) is 16.9 Å². The van der Waals surface area contributed by atoms with Crippen LogP contribution in [-0.4, -0.2) is 24.8 Å². The molecule has 1 aliphatic heterocycles. The number of nitrogens with one attached hydrogen (secondary N) is 1. The highest BCUT2D eigenvalue weighted by Gasteiger charge is 2.19. The summed E-state index contributed by atoms with van der Waals surface area (Å²) in [6.07, 6.45) is 3.22. The highest BCUT2D eigenvalue weighted by molar-refractivity contribution is 6.32. The molecule has 2 aromatic carbocycles. The zero-order valence-corrected chi connectivity index (χ0v) is 17.3. The normalized spacial score (nSPS) is 13.4. The van der Waals surface area contributed by atoms with Crippen molar-refractivity contribution in [1.82, 2.24) is 5.32 Å². The molecular weight excluding hydrogens is 390 g/mol. The van der Waals surface area contributed by atoms with E-state index in [-0.39, 0.29) is 0 Å². The topological polar surface area (TPSA) is 60.7 Å². The Morgan fingerprint density at radius 2 is 2.00 bits per heavy atom. The van der Waals surface area contributed by atoms with Gasteiger partial charge in [-0.3, -0.25) is 0 Å². The first-order valence-corrected chi connectivity index (χ1v) is 9.76. The number of alkyl carbamates (subject to hydrolysis) is 1. The Labute approximate surface area is 174 Å². The summed E-state index contributed by atoms with van der Waals surface area (Å²) in [6, 6.07) is 11.9. The van der Waals surface area contributed by atoms with E-state index in [0.717, 1.165) is 33.2 Å². The van der Waals surface area contributed by atoms with Gasteiger partial charge < -0.3 is 19.2 Å². The molecule has 0 bridgehead atoms. The lowest BCUT2D eigenvalue weighted by Crippen LogP contribution is -2.34. The van der Waals surface area contributed by atoms with Crippen LogP contribution >= 0.6 is 11.6 Å². The van der Waals surface area contributed by atoms with E-state index in [2.05, 4.69) is 11.4 Å². The SMILES string of the molecule is CC(C)(C)OC(=O)NCC1=Cc2cc(-c3ccc4occc4c3)cc(Cl)c2OC1. The Kier molecular flexibility index (Phi) is 5.01. The Balaban J connectivity index is 1.57. The first-order chi connectivity index (χ1) is 13.8. The minimum absolute atomic E-state index is 0.344. The maximum Gasteiger partial charge on any atom is 0.407 e. The maximum absolute atomic E-state index is 11.9. The van der Waals surface area contributed by atoms with Gasteiger partial charge in [-0.25, -0.2) is 4.79 Å². The van der Waals surface area contributed by atoms with Crippen LogP contribution in [0.4, 0.5) is 4.79 Å². The Morgan fingerprint density at radius 3 is 2.79 bits per heavy atom. The standard InChI is InChI=1S/C23H22ClNO4/c1-23(2,3)29-22(26)25-12-14-8-18-10-17(11-19(24)21(18)28-13-14)15-4-5-20-16(9-15)6-7-27-20/h4-11H,12-13H2,1-3H3,(H,25,26). The van der Waals surface area contributed by atoms with E-state index in [0.29, 0.717) is 23.9 Å². The van der Waals surface area contributed by atoms with E-state index in [1.54, 1.807) is 6.26 Å². The van der Waals surface area contributed by atoms with Crippen LogP contribution in [0.5, 0.6) is 5.75 Å². The van der Waals surface area contributed by atoms with Gasteiger partial charge in [0.1, 0.15) is 23.5 Å². The van der Waals surface area contributed by atoms with E-state index in [1.807, 2.05) is 57.2 Å². The molecular formula is C23H22ClNO4. The first-order valence-electron chi connectivity index (χ1n) is 9.39. The molecule has 29 heavy (non-hydrogen) atoms. The van der Waals surface area contributed by atoms with Gasteiger partial charge in [0.2, 0.25) is 0 Å². The molecule has 1 aromatic heterocycles. The summed E-state index contributed by atoms with van der Waals surface area (Å²) >= 11 is 6.48. The van der Waals surface area contributed by atoms with Crippen molar-refractivity contribution in [2.45, 2.75) is 26.4 Å². The predicted octanol–water partition coefficient (Wildman–Crippen LogP) is 6.05. The molecule has 1 amide bonds. The Morgan fingerprint density at radius 1 is 1.17 bits per heavy atom. The predicted molar refractivity (Wildman–Crippen MR) is 114 cm³/mol. The third kappa shape index (κ3) is 4.40. The first kappa shape index (κ1) is 19.4. The lowest BCUT2D eigenvalue weighted by atomic mass is 9.99. The molecule has 0 fully saturated rings. The number of carbonyl (C=O) groups is 1. The third-order valence-electron chi connectivity index (χ3n) is 4.48. The summed E-state index contributed by atoms with van der Waals surface area (Å²) in [6.45, 7) is 6.20. The lowest BCUT2D eigenvalue weighted by molar-refractivity contribution is 0.0532. The van der Waals surface area contributed by atoms with Gasteiger partial charge >= 0.3 is 6.09 Å². The quantitative estimate of drug-likeness (QED) is 0.569. The van der Waals surface area contributed by atoms with Crippen LogP contribution in [0.1, 0.15) is 26.3 Å². The minimum Gasteiger partial charge on any atom is -0.487 e. The van der Waals surface area contributed by atoms with Crippen LogP contribution in [0.15, 0.2) is 52.7 Å². The number of halogens is 1. The summed E-state index contributed by atoms with van der Waals surface area (Å²) in [5.74, 6) is 0.654. The van der Waals surface area contributed by atoms with E-state index in [9.17, 15) is 4.79 Å². The summed E-state index contributed by atoms with van der Waals surface area (Å²) in [5.41, 5.74) is 4.15. The molecule has 150 valence electrons. The van der Waals surface area contributed by atoms with Crippen LogP contribution in [0.25, 0.3) is 28.2 Å². The molecule has 3 aromatic rings. The van der Waals surface area contributed by atoms with Crippen molar-refractivity contribution in [3.63, 3.8) is 0 Å². The third-order valence-corrected chi connectivity index (χ3v) is 4.76. The Bertz CT molecular complexity index is 1110. The van der Waals surface area contributed by atoms with Gasteiger partial charge in [-0.2, -0.15) is 0 Å². The van der Waals surface area contributed by atoms with Crippen molar-refractivity contribution in [2.75, 3.05) is 13.2 Å². The molecule has 6 heteroatoms. The molecule has 0 spiro atoms. The van der Waals surface area contributed by atoms with Crippen LogP contribution in [-0.2, 0) is 4.74 Å². The number of fused-ring (bicyclic) bond motifs is 2. The second kappa shape index (κ2) is 7.48. The fraction of sp³-hybridized carbons (Fsp3) is 0.261. The van der Waals surface area contributed by atoms with E-state index < -0.39 is 11.7 Å². The van der Waals surface area contributed by atoms with Crippen molar-refractivity contribution >= 4 is 34.7 Å². The number of furan rings is 1. The molecule has 0 saturated carbocycles. The van der Waals surface area contributed by atoms with Gasteiger partial charge in [0.05, 0.1) is 11.3 Å². The molecule has 0 radical (unpaired) electrons. The fourth-order valence-corrected chi connectivity index (χ4v) is 3.50. The number of hydrogen-bond donors (Lipinski definition) is 1. The maximum atomic E-state index is 11.9. The summed E-state index contributed by atoms with van der Waals surface area (Å²) in [7, 11) is 0. The minimum atomic E-state index is -0.535. The van der Waals surface area contributed by atoms with Gasteiger partial charge in [-0.05, 0) is 73.9 Å². The van der Waals surface area contributed by atoms with Crippen LogP contribution < -0.4 is 10.1 Å². The van der Waals surface area contributed by atoms with Gasteiger partial charge in [0.25, 0.3) is 0 Å². The van der Waals surface area contributed by atoms with Crippen LogP contribution in [0.3, 0.4) is 0 Å². The number of hydrogen-bond acceptors (Lipinski definition) is 4.